The molecule has 21 heavy (non-hydrogen) atoms. The van der Waals surface area contributed by atoms with E-state index in [2.05, 4.69) is 15.2 Å². The minimum atomic E-state index is -0.0981. The molecule has 0 saturated carbocycles. The number of fused-ring (bicyclic) bond motifs is 2. The van der Waals surface area contributed by atoms with Crippen LogP contribution in [0.25, 0.3) is 0 Å². The Bertz CT molecular complexity index is 540. The maximum absolute atomic E-state index is 12.2. The number of carbonyl (C=O) groups is 1. The van der Waals surface area contributed by atoms with Crippen molar-refractivity contribution in [2.24, 2.45) is 5.73 Å². The Labute approximate surface area is 133 Å². The van der Waals surface area contributed by atoms with E-state index in [1.807, 2.05) is 0 Å². The van der Waals surface area contributed by atoms with Crippen LogP contribution in [0.4, 0.5) is 5.82 Å². The van der Waals surface area contributed by atoms with Gasteiger partial charge in [0.1, 0.15) is 0 Å². The van der Waals surface area contributed by atoms with Gasteiger partial charge in [-0.3, -0.25) is 9.69 Å². The number of nitrogens with two attached hydrogens (primary N) is 1. The molecule has 2 aliphatic heterocycles. The van der Waals surface area contributed by atoms with E-state index < -0.39 is 0 Å². The average Bonchev–Trinajstić information content (AvgIpc) is 2.66. The number of nitrogens with one attached hydrogen (secondary N) is 1. The van der Waals surface area contributed by atoms with Gasteiger partial charge in [0.05, 0.1) is 16.6 Å². The van der Waals surface area contributed by atoms with Gasteiger partial charge in [-0.05, 0) is 31.7 Å². The van der Waals surface area contributed by atoms with Crippen LogP contribution < -0.4 is 11.1 Å². The van der Waals surface area contributed by atoms with Crippen LogP contribution in [0, 0.1) is 0 Å². The summed E-state index contributed by atoms with van der Waals surface area (Å²) in [5.74, 6) is 0.256. The molecule has 2 aliphatic rings. The Morgan fingerprint density at radius 2 is 2.05 bits per heavy atom. The van der Waals surface area contributed by atoms with Gasteiger partial charge >= 0.3 is 0 Å². The van der Waals surface area contributed by atoms with E-state index in [1.54, 1.807) is 6.07 Å². The van der Waals surface area contributed by atoms with Crippen molar-refractivity contribution in [1.29, 1.82) is 0 Å². The zero-order chi connectivity index (χ0) is 15.0. The molecule has 1 aromatic rings. The first kappa shape index (κ1) is 15.0. The highest BCUT2D eigenvalue weighted by Gasteiger charge is 2.40. The van der Waals surface area contributed by atoms with Gasteiger partial charge in [-0.25, -0.2) is 4.98 Å². The summed E-state index contributed by atoms with van der Waals surface area (Å²) in [6, 6.07) is 2.69. The third kappa shape index (κ3) is 3.31. The van der Waals surface area contributed by atoms with Crippen molar-refractivity contribution in [1.82, 2.24) is 9.88 Å². The molecule has 0 radical (unpaired) electrons. The number of piperidine rings is 1. The summed E-state index contributed by atoms with van der Waals surface area (Å²) in [6.07, 6.45) is 5.68. The van der Waals surface area contributed by atoms with E-state index in [1.165, 1.54) is 6.20 Å². The molecule has 2 atom stereocenters. The van der Waals surface area contributed by atoms with Gasteiger partial charge in [-0.15, -0.1) is 0 Å². The van der Waals surface area contributed by atoms with Crippen LogP contribution in [0.3, 0.4) is 0 Å². The summed E-state index contributed by atoms with van der Waals surface area (Å²) in [5, 5.41) is 3.54. The maximum Gasteiger partial charge on any atom is 0.239 e. The number of pyridine rings is 1. The van der Waals surface area contributed by atoms with Crippen molar-refractivity contribution in [3.05, 3.63) is 22.3 Å². The second kappa shape index (κ2) is 6.08. The summed E-state index contributed by atoms with van der Waals surface area (Å²) in [4.78, 5) is 18.5. The quantitative estimate of drug-likeness (QED) is 0.892. The molecule has 1 amide bonds. The summed E-state index contributed by atoms with van der Waals surface area (Å²) in [5.41, 5.74) is 6.04. The average molecular weight is 329 g/mol. The zero-order valence-electron chi connectivity index (χ0n) is 11.6. The minimum Gasteiger partial charge on any atom is -0.328 e. The van der Waals surface area contributed by atoms with E-state index in [4.69, 9.17) is 28.9 Å². The SMILES string of the molecule is NC1CC2CCC(C1)N2CC(=O)Nc1ncc(Cl)cc1Cl. The molecular weight excluding hydrogens is 311 g/mol. The number of anilines is 1. The van der Waals surface area contributed by atoms with Crippen molar-refractivity contribution in [3.8, 4) is 0 Å². The first-order chi connectivity index (χ1) is 10.0. The van der Waals surface area contributed by atoms with E-state index in [9.17, 15) is 4.79 Å². The fourth-order valence-electron chi connectivity index (χ4n) is 3.42. The fourth-order valence-corrected chi connectivity index (χ4v) is 3.85. The molecule has 0 spiro atoms. The van der Waals surface area contributed by atoms with Gasteiger partial charge < -0.3 is 11.1 Å². The third-order valence-electron chi connectivity index (χ3n) is 4.31. The molecule has 3 heterocycles. The van der Waals surface area contributed by atoms with Crippen LogP contribution in [0.5, 0.6) is 0 Å². The Morgan fingerprint density at radius 1 is 1.38 bits per heavy atom. The summed E-state index contributed by atoms with van der Waals surface area (Å²) in [6.45, 7) is 0.364. The molecular formula is C14H18Cl2N4O. The van der Waals surface area contributed by atoms with Gasteiger partial charge in [-0.1, -0.05) is 23.2 Å². The van der Waals surface area contributed by atoms with Crippen LogP contribution in [0.15, 0.2) is 12.3 Å². The highest BCUT2D eigenvalue weighted by Crippen LogP contribution is 2.34. The van der Waals surface area contributed by atoms with Gasteiger partial charge in [0, 0.05) is 24.3 Å². The molecule has 5 nitrogen and oxygen atoms in total. The molecule has 0 aliphatic carbocycles. The lowest BCUT2D eigenvalue weighted by molar-refractivity contribution is -0.118. The minimum absolute atomic E-state index is 0.0981. The lowest BCUT2D eigenvalue weighted by Crippen LogP contribution is -2.50. The van der Waals surface area contributed by atoms with Crippen molar-refractivity contribution in [3.63, 3.8) is 0 Å². The lowest BCUT2D eigenvalue weighted by Gasteiger charge is -2.37. The molecule has 3 N–H and O–H groups in total. The van der Waals surface area contributed by atoms with E-state index in [-0.39, 0.29) is 11.9 Å². The van der Waals surface area contributed by atoms with E-state index >= 15 is 0 Å². The topological polar surface area (TPSA) is 71.2 Å². The van der Waals surface area contributed by atoms with Crippen molar-refractivity contribution >= 4 is 34.9 Å². The van der Waals surface area contributed by atoms with Crippen molar-refractivity contribution in [2.75, 3.05) is 11.9 Å². The second-order valence-corrected chi connectivity index (χ2v) is 6.66. The van der Waals surface area contributed by atoms with Crippen molar-refractivity contribution in [2.45, 2.75) is 43.8 Å². The molecule has 2 fully saturated rings. The Kier molecular flexibility index (Phi) is 4.36. The molecule has 2 saturated heterocycles. The van der Waals surface area contributed by atoms with Crippen LogP contribution in [-0.2, 0) is 4.79 Å². The number of hydrogen-bond acceptors (Lipinski definition) is 4. The molecule has 3 rings (SSSR count). The second-order valence-electron chi connectivity index (χ2n) is 5.82. The van der Waals surface area contributed by atoms with Gasteiger partial charge in [-0.2, -0.15) is 0 Å². The van der Waals surface area contributed by atoms with Crippen LogP contribution in [-0.4, -0.2) is 40.5 Å². The van der Waals surface area contributed by atoms with Gasteiger partial charge in [0.15, 0.2) is 5.82 Å². The zero-order valence-corrected chi connectivity index (χ0v) is 13.1. The predicted molar refractivity (Wildman–Crippen MR) is 83.6 cm³/mol. The number of amides is 1. The fraction of sp³-hybridized carbons (Fsp3) is 0.571. The summed E-state index contributed by atoms with van der Waals surface area (Å²) in [7, 11) is 0. The van der Waals surface area contributed by atoms with Crippen LogP contribution in [0.1, 0.15) is 25.7 Å². The normalized spacial score (nSPS) is 28.6. The van der Waals surface area contributed by atoms with E-state index in [0.29, 0.717) is 34.5 Å². The third-order valence-corrected chi connectivity index (χ3v) is 4.81. The number of aromatic nitrogens is 1. The highest BCUT2D eigenvalue weighted by molar-refractivity contribution is 6.36. The molecule has 7 heteroatoms. The molecule has 1 aromatic heterocycles. The maximum atomic E-state index is 12.2. The Hall–Kier alpha value is -0.880. The lowest BCUT2D eigenvalue weighted by atomic mass is 9.98. The number of rotatable bonds is 3. The van der Waals surface area contributed by atoms with Crippen LogP contribution >= 0.6 is 23.2 Å². The highest BCUT2D eigenvalue weighted by atomic mass is 35.5. The standard InChI is InChI=1S/C14H18Cl2N4O/c15-8-3-12(16)14(18-6-8)19-13(21)7-20-10-1-2-11(20)5-9(17)4-10/h3,6,9-11H,1-2,4-5,7,17H2,(H,18,19,21). The summed E-state index contributed by atoms with van der Waals surface area (Å²) >= 11 is 11.8. The van der Waals surface area contributed by atoms with Gasteiger partial charge in [0.2, 0.25) is 5.91 Å². The smallest absolute Gasteiger partial charge is 0.239 e. The molecule has 0 aromatic carbocycles. The number of hydrogen-bond donors (Lipinski definition) is 2. The first-order valence-electron chi connectivity index (χ1n) is 7.15. The molecule has 2 bridgehead atoms. The Balaban J connectivity index is 1.62. The summed E-state index contributed by atoms with van der Waals surface area (Å²) < 4.78 is 0. The van der Waals surface area contributed by atoms with Crippen LogP contribution in [0.2, 0.25) is 10.0 Å². The van der Waals surface area contributed by atoms with E-state index in [0.717, 1.165) is 25.7 Å². The first-order valence-corrected chi connectivity index (χ1v) is 7.90. The monoisotopic (exact) mass is 328 g/mol. The molecule has 2 unspecified atom stereocenters. The van der Waals surface area contributed by atoms with Gasteiger partial charge in [0.25, 0.3) is 0 Å². The predicted octanol–water partition coefficient (Wildman–Crippen LogP) is 2.28. The largest absolute Gasteiger partial charge is 0.328 e. The number of halogens is 2. The molecule has 114 valence electrons. The number of carbonyl (C=O) groups excluding carboxylic acids is 1. The van der Waals surface area contributed by atoms with Crippen molar-refractivity contribution < 1.29 is 4.79 Å². The Morgan fingerprint density at radius 3 is 2.67 bits per heavy atom. The number of nitrogens with zero attached hydrogens (tertiary/aromatic N) is 2.